The van der Waals surface area contributed by atoms with Crippen LogP contribution in [-0.2, 0) is 9.05 Å². The zero-order valence-electron chi connectivity index (χ0n) is 6.44. The maximum atomic E-state index is 10.6. The zero-order chi connectivity index (χ0) is 9.90. The van der Waals surface area contributed by atoms with E-state index in [2.05, 4.69) is 0 Å². The summed E-state index contributed by atoms with van der Waals surface area (Å²) in [5, 5.41) is 1.38. The SMILES string of the molecule is O=S(=O)(Cl)/C=C/c1ccccc1Cl. The number of hydrogen-bond donors (Lipinski definition) is 0. The molecule has 1 aromatic carbocycles. The van der Waals surface area contributed by atoms with Gasteiger partial charge >= 0.3 is 0 Å². The summed E-state index contributed by atoms with van der Waals surface area (Å²) in [5.74, 6) is 0. The van der Waals surface area contributed by atoms with Crippen LogP contribution in [0.2, 0.25) is 5.02 Å². The Morgan fingerprint density at radius 1 is 1.23 bits per heavy atom. The predicted molar refractivity (Wildman–Crippen MR) is 55.3 cm³/mol. The minimum Gasteiger partial charge on any atom is -0.208 e. The topological polar surface area (TPSA) is 34.1 Å². The van der Waals surface area contributed by atoms with Crippen molar-refractivity contribution < 1.29 is 8.42 Å². The van der Waals surface area contributed by atoms with E-state index in [0.29, 0.717) is 10.6 Å². The van der Waals surface area contributed by atoms with Gasteiger partial charge in [-0.05, 0) is 17.7 Å². The van der Waals surface area contributed by atoms with Gasteiger partial charge in [0, 0.05) is 21.1 Å². The van der Waals surface area contributed by atoms with E-state index < -0.39 is 9.05 Å². The van der Waals surface area contributed by atoms with Gasteiger partial charge in [-0.1, -0.05) is 29.8 Å². The Morgan fingerprint density at radius 3 is 2.38 bits per heavy atom. The zero-order valence-corrected chi connectivity index (χ0v) is 8.77. The molecular weight excluding hydrogens is 231 g/mol. The average Bonchev–Trinajstić information content (AvgIpc) is 2.01. The van der Waals surface area contributed by atoms with Crippen LogP contribution in [0, 0.1) is 0 Å². The first-order valence-electron chi connectivity index (χ1n) is 3.36. The fraction of sp³-hybridized carbons (Fsp3) is 0. The Bertz CT molecular complexity index is 424. The highest BCUT2D eigenvalue weighted by Gasteiger charge is 1.98. The average molecular weight is 237 g/mol. The largest absolute Gasteiger partial charge is 0.254 e. The van der Waals surface area contributed by atoms with Crippen molar-refractivity contribution in [2.45, 2.75) is 0 Å². The minimum atomic E-state index is -3.61. The lowest BCUT2D eigenvalue weighted by molar-refractivity contribution is 0.617. The number of halogens is 2. The monoisotopic (exact) mass is 236 g/mol. The van der Waals surface area contributed by atoms with Crippen LogP contribution in [0.15, 0.2) is 29.7 Å². The highest BCUT2D eigenvalue weighted by Crippen LogP contribution is 2.17. The van der Waals surface area contributed by atoms with Crippen molar-refractivity contribution in [2.75, 3.05) is 0 Å². The van der Waals surface area contributed by atoms with Gasteiger partial charge in [0.1, 0.15) is 0 Å². The van der Waals surface area contributed by atoms with Crippen LogP contribution < -0.4 is 0 Å². The van der Waals surface area contributed by atoms with E-state index in [4.69, 9.17) is 22.3 Å². The van der Waals surface area contributed by atoms with Gasteiger partial charge < -0.3 is 0 Å². The second kappa shape index (κ2) is 4.13. The van der Waals surface area contributed by atoms with Crippen molar-refractivity contribution in [3.05, 3.63) is 40.3 Å². The molecule has 0 radical (unpaired) electrons. The molecule has 0 fully saturated rings. The van der Waals surface area contributed by atoms with E-state index in [-0.39, 0.29) is 0 Å². The molecule has 70 valence electrons. The van der Waals surface area contributed by atoms with Gasteiger partial charge in [0.05, 0.1) is 0 Å². The Labute approximate surface area is 86.2 Å². The lowest BCUT2D eigenvalue weighted by Gasteiger charge is -1.94. The van der Waals surface area contributed by atoms with E-state index in [1.165, 1.54) is 6.08 Å². The van der Waals surface area contributed by atoms with Crippen LogP contribution in [0.4, 0.5) is 0 Å². The van der Waals surface area contributed by atoms with Crippen LogP contribution in [0.5, 0.6) is 0 Å². The van der Waals surface area contributed by atoms with Gasteiger partial charge in [0.15, 0.2) is 0 Å². The van der Waals surface area contributed by atoms with Gasteiger partial charge in [0.25, 0.3) is 9.05 Å². The van der Waals surface area contributed by atoms with Gasteiger partial charge in [-0.2, -0.15) is 0 Å². The molecule has 0 aliphatic carbocycles. The maximum Gasteiger partial charge on any atom is 0.254 e. The molecule has 0 atom stereocenters. The summed E-state index contributed by atoms with van der Waals surface area (Å²) >= 11 is 5.76. The second-order valence-corrected chi connectivity index (χ2v) is 5.22. The Kier molecular flexibility index (Phi) is 3.36. The van der Waals surface area contributed by atoms with E-state index >= 15 is 0 Å². The molecular formula is C8H6Cl2O2S. The van der Waals surface area contributed by atoms with Crippen molar-refractivity contribution in [2.24, 2.45) is 0 Å². The molecule has 0 bridgehead atoms. The molecule has 0 N–H and O–H groups in total. The maximum absolute atomic E-state index is 10.6. The molecule has 0 aliphatic heterocycles. The summed E-state index contributed by atoms with van der Waals surface area (Å²) in [7, 11) is 1.37. The number of hydrogen-bond acceptors (Lipinski definition) is 2. The van der Waals surface area contributed by atoms with Crippen molar-refractivity contribution >= 4 is 37.4 Å². The summed E-state index contributed by atoms with van der Waals surface area (Å²) in [6.45, 7) is 0. The Hall–Kier alpha value is -0.510. The summed E-state index contributed by atoms with van der Waals surface area (Å²) in [6, 6.07) is 6.88. The highest BCUT2D eigenvalue weighted by molar-refractivity contribution is 8.16. The molecule has 0 saturated carbocycles. The Balaban J connectivity index is 3.00. The van der Waals surface area contributed by atoms with Crippen LogP contribution >= 0.6 is 22.3 Å². The molecule has 13 heavy (non-hydrogen) atoms. The predicted octanol–water partition coefficient (Wildman–Crippen LogP) is 2.88. The van der Waals surface area contributed by atoms with Gasteiger partial charge in [-0.3, -0.25) is 0 Å². The van der Waals surface area contributed by atoms with Crippen LogP contribution in [0.1, 0.15) is 5.56 Å². The summed E-state index contributed by atoms with van der Waals surface area (Å²) < 4.78 is 21.1. The molecule has 2 nitrogen and oxygen atoms in total. The summed E-state index contributed by atoms with van der Waals surface area (Å²) in [5.41, 5.74) is 0.619. The first-order chi connectivity index (χ1) is 5.99. The van der Waals surface area contributed by atoms with E-state index in [1.54, 1.807) is 24.3 Å². The molecule has 0 aromatic heterocycles. The van der Waals surface area contributed by atoms with Crippen molar-refractivity contribution in [1.82, 2.24) is 0 Å². The molecule has 1 aromatic rings. The molecule has 0 spiro atoms. The van der Waals surface area contributed by atoms with Gasteiger partial charge in [-0.25, -0.2) is 8.42 Å². The fourth-order valence-electron chi connectivity index (χ4n) is 0.765. The molecule has 0 heterocycles. The summed E-state index contributed by atoms with van der Waals surface area (Å²) in [6.07, 6.45) is 1.35. The van der Waals surface area contributed by atoms with Gasteiger partial charge in [0.2, 0.25) is 0 Å². The van der Waals surface area contributed by atoms with Crippen LogP contribution in [0.25, 0.3) is 6.08 Å². The first kappa shape index (κ1) is 10.6. The summed E-state index contributed by atoms with van der Waals surface area (Å²) in [4.78, 5) is 0. The second-order valence-electron chi connectivity index (χ2n) is 2.30. The third-order valence-electron chi connectivity index (χ3n) is 1.32. The molecule has 5 heteroatoms. The lowest BCUT2D eigenvalue weighted by atomic mass is 10.2. The Morgan fingerprint density at radius 2 is 1.85 bits per heavy atom. The van der Waals surface area contributed by atoms with E-state index in [9.17, 15) is 8.42 Å². The van der Waals surface area contributed by atoms with Crippen molar-refractivity contribution in [1.29, 1.82) is 0 Å². The third-order valence-corrected chi connectivity index (χ3v) is 2.43. The first-order valence-corrected chi connectivity index (χ1v) is 6.11. The van der Waals surface area contributed by atoms with Crippen LogP contribution in [-0.4, -0.2) is 8.42 Å². The smallest absolute Gasteiger partial charge is 0.208 e. The molecule has 0 saturated heterocycles. The van der Waals surface area contributed by atoms with Crippen molar-refractivity contribution in [3.63, 3.8) is 0 Å². The van der Waals surface area contributed by atoms with E-state index in [1.807, 2.05) is 0 Å². The van der Waals surface area contributed by atoms with Gasteiger partial charge in [-0.15, -0.1) is 0 Å². The standard InChI is InChI=1S/C8H6Cl2O2S/c9-8-4-2-1-3-7(8)5-6-13(10,11)12/h1-6H/b6-5+. The minimum absolute atomic E-state index is 0.485. The molecule has 0 unspecified atom stereocenters. The third kappa shape index (κ3) is 3.81. The highest BCUT2D eigenvalue weighted by atomic mass is 35.7. The molecule has 1 rings (SSSR count). The van der Waals surface area contributed by atoms with Crippen molar-refractivity contribution in [3.8, 4) is 0 Å². The van der Waals surface area contributed by atoms with Crippen LogP contribution in [0.3, 0.4) is 0 Å². The fourth-order valence-corrected chi connectivity index (χ4v) is 1.43. The number of benzene rings is 1. The number of rotatable bonds is 2. The quantitative estimate of drug-likeness (QED) is 0.741. The molecule has 0 amide bonds. The van der Waals surface area contributed by atoms with E-state index in [0.717, 1.165) is 5.41 Å². The lowest BCUT2D eigenvalue weighted by Crippen LogP contribution is -1.80. The molecule has 0 aliphatic rings. The normalized spacial score (nSPS) is 12.2.